The van der Waals surface area contributed by atoms with Crippen molar-refractivity contribution >= 4 is 52.1 Å². The van der Waals surface area contributed by atoms with Gasteiger partial charge in [0.2, 0.25) is 5.91 Å². The summed E-state index contributed by atoms with van der Waals surface area (Å²) in [7, 11) is 1.40. The minimum atomic E-state index is -1.01. The number of nitrogens with one attached hydrogen (secondary N) is 3. The quantitative estimate of drug-likeness (QED) is 0.0550. The summed E-state index contributed by atoms with van der Waals surface area (Å²) in [5, 5.41) is 42.4. The number of phenolic OH excluding ortho intramolecular Hbond substituents is 2. The van der Waals surface area contributed by atoms with Gasteiger partial charge >= 0.3 is 12.1 Å². The predicted molar refractivity (Wildman–Crippen MR) is 266 cm³/mol. The van der Waals surface area contributed by atoms with Crippen LogP contribution in [0.25, 0.3) is 22.3 Å². The molecule has 19 heteroatoms. The third-order valence-corrected chi connectivity index (χ3v) is 14.0. The molecule has 2 saturated heterocycles. The highest BCUT2D eigenvalue weighted by Gasteiger charge is 2.39. The molecule has 72 heavy (non-hydrogen) atoms. The fourth-order valence-corrected chi connectivity index (χ4v) is 10.3. The fraction of sp³-hybridized carbons (Fsp3) is 0.396. The second-order valence-corrected chi connectivity index (χ2v) is 18.7. The number of likely N-dealkylation sites (N-methyl/N-ethyl adjacent to an activating group) is 1. The number of aromatic nitrogens is 2. The number of hydrogen-bond donors (Lipinski definition) is 5. The van der Waals surface area contributed by atoms with E-state index in [0.29, 0.717) is 96.1 Å². The molecule has 5 N–H and O–H groups in total. The fourth-order valence-electron chi connectivity index (χ4n) is 10.3. The number of ether oxygens (including phenoxy) is 4. The number of piperidine rings is 2. The van der Waals surface area contributed by atoms with Crippen LogP contribution < -0.4 is 25.2 Å². The molecule has 0 saturated carbocycles. The highest BCUT2D eigenvalue weighted by atomic mass is 16.6. The number of pyridine rings is 2. The van der Waals surface area contributed by atoms with Crippen LogP contribution in [0.5, 0.6) is 23.0 Å². The Kier molecular flexibility index (Phi) is 13.8. The van der Waals surface area contributed by atoms with Crippen LogP contribution in [0.4, 0.5) is 10.5 Å². The van der Waals surface area contributed by atoms with Crippen molar-refractivity contribution in [3.8, 4) is 34.4 Å². The maximum atomic E-state index is 14.2. The molecule has 376 valence electrons. The van der Waals surface area contributed by atoms with Crippen molar-refractivity contribution in [1.29, 1.82) is 10.8 Å². The van der Waals surface area contributed by atoms with Gasteiger partial charge in [-0.25, -0.2) is 14.6 Å². The van der Waals surface area contributed by atoms with Gasteiger partial charge in [-0.2, -0.15) is 0 Å². The predicted octanol–water partition coefficient (Wildman–Crippen LogP) is 6.64. The smallest absolute Gasteiger partial charge is 0.415 e. The molecule has 3 amide bonds. The van der Waals surface area contributed by atoms with E-state index < -0.39 is 36.0 Å². The van der Waals surface area contributed by atoms with E-state index in [-0.39, 0.29) is 66.1 Å². The molecule has 4 aliphatic heterocycles. The molecule has 19 nitrogen and oxygen atoms in total. The van der Waals surface area contributed by atoms with Gasteiger partial charge in [-0.15, -0.1) is 0 Å². The van der Waals surface area contributed by atoms with Crippen molar-refractivity contribution in [2.45, 2.75) is 104 Å². The van der Waals surface area contributed by atoms with Gasteiger partial charge in [0.25, 0.3) is 11.5 Å². The number of likely N-dealkylation sites (tertiary alicyclic amines) is 2. The van der Waals surface area contributed by atoms with Crippen LogP contribution in [0.2, 0.25) is 0 Å². The average Bonchev–Trinajstić information content (AvgIpc) is 3.74. The molecule has 6 heterocycles. The highest BCUT2D eigenvalue weighted by molar-refractivity contribution is 6.48. The number of esters is 1. The van der Waals surface area contributed by atoms with E-state index in [9.17, 15) is 34.2 Å². The summed E-state index contributed by atoms with van der Waals surface area (Å²) in [6.07, 6.45) is 1.79. The second kappa shape index (κ2) is 20.1. The number of methoxy groups -OCH3 is 1. The van der Waals surface area contributed by atoms with E-state index in [4.69, 9.17) is 34.7 Å². The van der Waals surface area contributed by atoms with Crippen LogP contribution in [0.3, 0.4) is 0 Å². The third kappa shape index (κ3) is 9.08. The summed E-state index contributed by atoms with van der Waals surface area (Å²) in [6, 6.07) is 15.6. The van der Waals surface area contributed by atoms with Crippen molar-refractivity contribution in [1.82, 2.24) is 24.7 Å². The van der Waals surface area contributed by atoms with Crippen LogP contribution in [-0.2, 0) is 43.4 Å². The lowest BCUT2D eigenvalue weighted by atomic mass is 9.97. The number of aryl methyl sites for hydroxylation is 1. The zero-order chi connectivity index (χ0) is 51.1. The first kappa shape index (κ1) is 49.2. The zero-order valence-corrected chi connectivity index (χ0v) is 40.9. The Morgan fingerprint density at radius 2 is 1.65 bits per heavy atom. The second-order valence-electron chi connectivity index (χ2n) is 18.7. The van der Waals surface area contributed by atoms with Gasteiger partial charge in [-0.1, -0.05) is 20.8 Å². The van der Waals surface area contributed by atoms with E-state index in [1.807, 2.05) is 20.8 Å². The number of fused-ring (bicyclic) bond motifs is 5. The molecule has 3 aromatic carbocycles. The number of amidine groups is 2. The highest BCUT2D eigenvalue weighted by Crippen LogP contribution is 2.40. The molecule has 1 unspecified atom stereocenters. The Labute approximate surface area is 415 Å². The maximum absolute atomic E-state index is 14.2. The van der Waals surface area contributed by atoms with Gasteiger partial charge in [0, 0.05) is 74.4 Å². The molecule has 0 radical (unpaired) electrons. The number of cyclic esters (lactones) is 1. The van der Waals surface area contributed by atoms with Crippen molar-refractivity contribution in [2.24, 2.45) is 0 Å². The molecule has 2 atom stereocenters. The van der Waals surface area contributed by atoms with E-state index in [0.717, 1.165) is 40.3 Å². The number of carbonyl (C=O) groups excluding carboxylic acids is 4. The number of phenols is 2. The standard InChI is InChI=1S/C53H58N8O11/c1-6-33-35-22-32(15-16-40(35)57-45-38(33)26-60-42(45)24-36-39(50(60)65)27-70-52(67)46(36)69-5)72-53(68)59-19-9-8-10-41(59)51(66)58-20-17-31(18-21-58)71-30-13-11-29(12-14-30)61(48(55)49(64)56-7-2)47(54)37-23-34(28(3)4)43(62)25-44(37)63/h11-16,22-25,28,31,41,46,54-55,62-63H,6-10,17-21,26-27H2,1-5H3,(H,56,64)/t41?,46-/m0/s1. The average molecular weight is 983 g/mol. The molecule has 2 fully saturated rings. The Morgan fingerprint density at radius 1 is 0.917 bits per heavy atom. The van der Waals surface area contributed by atoms with Crippen LogP contribution in [0, 0.1) is 10.8 Å². The SMILES string of the molecule is CCNC(=O)C(=N)N(C(=N)c1cc(C(C)C)c(O)cc1O)c1ccc(OC2CCN(C(=O)C3CCCCN3C(=O)Oc3ccc4nc5c(c(CC)c4c3)Cn3c-5cc4c(c3=O)COC(=O)[C@H]4OC)CC2)cc1. The normalized spacial score (nSPS) is 17.4. The Bertz CT molecular complexity index is 3090. The molecule has 4 aliphatic rings. The number of anilines is 1. The van der Waals surface area contributed by atoms with Gasteiger partial charge in [0.05, 0.1) is 34.6 Å². The van der Waals surface area contributed by atoms with Crippen molar-refractivity contribution in [3.63, 3.8) is 0 Å². The van der Waals surface area contributed by atoms with Crippen molar-refractivity contribution in [2.75, 3.05) is 38.2 Å². The van der Waals surface area contributed by atoms with E-state index in [2.05, 4.69) is 5.32 Å². The van der Waals surface area contributed by atoms with Crippen molar-refractivity contribution < 1.29 is 48.3 Å². The number of rotatable bonds is 10. The minimum Gasteiger partial charge on any atom is -0.508 e. The van der Waals surface area contributed by atoms with Crippen LogP contribution in [0.1, 0.15) is 105 Å². The lowest BCUT2D eigenvalue weighted by Crippen LogP contribution is -2.55. The number of nitrogens with zero attached hydrogens (tertiary/aromatic N) is 5. The molecule has 0 aliphatic carbocycles. The first-order chi connectivity index (χ1) is 34.6. The molecule has 5 aromatic rings. The first-order valence-electron chi connectivity index (χ1n) is 24.4. The summed E-state index contributed by atoms with van der Waals surface area (Å²) in [4.78, 5) is 76.7. The van der Waals surface area contributed by atoms with Gasteiger partial charge in [0.15, 0.2) is 11.9 Å². The molecule has 2 aromatic heterocycles. The summed E-state index contributed by atoms with van der Waals surface area (Å²) in [5.74, 6) is -2.14. The van der Waals surface area contributed by atoms with E-state index in [1.165, 1.54) is 18.1 Å². The number of benzene rings is 3. The number of hydrogen-bond acceptors (Lipinski definition) is 14. The summed E-state index contributed by atoms with van der Waals surface area (Å²) in [6.45, 7) is 9.03. The van der Waals surface area contributed by atoms with Crippen molar-refractivity contribution in [3.05, 3.63) is 104 Å². The maximum Gasteiger partial charge on any atom is 0.415 e. The number of carbonyl (C=O) groups is 4. The lowest BCUT2D eigenvalue weighted by molar-refractivity contribution is -0.159. The Balaban J connectivity index is 0.851. The topological polar surface area (TPSA) is 250 Å². The van der Waals surface area contributed by atoms with Gasteiger partial charge in [-0.05, 0) is 104 Å². The van der Waals surface area contributed by atoms with Crippen LogP contribution in [-0.4, -0.2) is 111 Å². The monoisotopic (exact) mass is 982 g/mol. The van der Waals surface area contributed by atoms with Crippen LogP contribution >= 0.6 is 0 Å². The zero-order valence-electron chi connectivity index (χ0n) is 40.9. The summed E-state index contributed by atoms with van der Waals surface area (Å²) in [5.41, 5.74) is 5.13. The summed E-state index contributed by atoms with van der Waals surface area (Å²) < 4.78 is 24.7. The van der Waals surface area contributed by atoms with Crippen LogP contribution in [0.15, 0.2) is 65.5 Å². The molecule has 9 rings (SSSR count). The first-order valence-corrected chi connectivity index (χ1v) is 24.4. The Morgan fingerprint density at radius 3 is 2.35 bits per heavy atom. The molecular formula is C53H58N8O11. The number of aromatic hydroxyl groups is 2. The lowest BCUT2D eigenvalue weighted by Gasteiger charge is -2.39. The van der Waals surface area contributed by atoms with Gasteiger partial charge in [-0.3, -0.25) is 35.0 Å². The van der Waals surface area contributed by atoms with E-state index >= 15 is 0 Å². The molecular weight excluding hydrogens is 925 g/mol. The molecule has 0 spiro atoms. The minimum absolute atomic E-state index is 0.0316. The van der Waals surface area contributed by atoms with E-state index in [1.54, 1.807) is 64.9 Å². The Hall–Kier alpha value is -7.80. The number of amides is 3. The van der Waals surface area contributed by atoms with Gasteiger partial charge < -0.3 is 43.9 Å². The summed E-state index contributed by atoms with van der Waals surface area (Å²) >= 11 is 0. The molecule has 0 bridgehead atoms. The third-order valence-electron chi connectivity index (χ3n) is 14.0. The van der Waals surface area contributed by atoms with Gasteiger partial charge in [0.1, 0.15) is 47.6 Å². The largest absolute Gasteiger partial charge is 0.508 e.